The minimum absolute atomic E-state index is 0. The summed E-state index contributed by atoms with van der Waals surface area (Å²) >= 11 is 0. The molecule has 1 aliphatic heterocycles. The molecule has 0 spiro atoms. The topological polar surface area (TPSA) is 59.4 Å². The first-order chi connectivity index (χ1) is 24.8. The van der Waals surface area contributed by atoms with E-state index in [0.29, 0.717) is 0 Å². The standard InChI is InChI=1S/C34H34NO.C15H28O2.Ir/c1-20-14-26-22(15-23(20)18-33(2,3)4)17-29-30-25(26)12-13-35-31(30)27-16-21-10-8-9-11-24(21)28(32(27)36-29)19-34(5,6)7;1-7-14(5,8-2)12(16)11-13(17)15(6,9-3)10-4;/h8-15,17H,18-19H2,1-7H3;11,16H,7-10H2,1-6H3;/q-1;;/b;12-11-;. The van der Waals surface area contributed by atoms with E-state index in [-0.39, 0.29) is 53.3 Å². The molecular weight excluding hydrogens is 843 g/mol. The van der Waals surface area contributed by atoms with Crippen LogP contribution in [0.1, 0.15) is 125 Å². The van der Waals surface area contributed by atoms with E-state index in [2.05, 4.69) is 103 Å². The summed E-state index contributed by atoms with van der Waals surface area (Å²) in [6.45, 7) is 28.1. The minimum Gasteiger partial charge on any atom is -0.512 e. The first-order valence-corrected chi connectivity index (χ1v) is 19.7. The summed E-state index contributed by atoms with van der Waals surface area (Å²) in [5.74, 6) is 2.10. The molecule has 291 valence electrons. The summed E-state index contributed by atoms with van der Waals surface area (Å²) in [6.07, 6.45) is 8.66. The van der Waals surface area contributed by atoms with Crippen molar-refractivity contribution in [2.45, 2.75) is 129 Å². The Balaban J connectivity index is 0.000000309. The van der Waals surface area contributed by atoms with Gasteiger partial charge in [-0.2, -0.15) is 0 Å². The number of ketones is 1. The molecule has 1 aromatic heterocycles. The van der Waals surface area contributed by atoms with Crippen LogP contribution >= 0.6 is 0 Å². The van der Waals surface area contributed by atoms with Crippen molar-refractivity contribution < 1.29 is 34.7 Å². The number of nitrogens with zero attached hydrogens (tertiary/aromatic N) is 1. The molecule has 2 heterocycles. The fourth-order valence-electron chi connectivity index (χ4n) is 7.40. The van der Waals surface area contributed by atoms with Crippen LogP contribution in [-0.2, 0) is 37.7 Å². The van der Waals surface area contributed by atoms with Crippen molar-refractivity contribution in [1.82, 2.24) is 4.98 Å². The Morgan fingerprint density at radius 2 is 1.41 bits per heavy atom. The average molecular weight is 905 g/mol. The number of allylic oxidation sites excluding steroid dienone is 2. The normalized spacial score (nSPS) is 13.2. The molecule has 1 radical (unpaired) electrons. The summed E-state index contributed by atoms with van der Waals surface area (Å²) < 4.78 is 6.84. The van der Waals surface area contributed by atoms with Gasteiger partial charge >= 0.3 is 0 Å². The molecule has 0 saturated carbocycles. The predicted octanol–water partition coefficient (Wildman–Crippen LogP) is 14.2. The molecule has 4 aromatic carbocycles. The second-order valence-electron chi connectivity index (χ2n) is 18.3. The van der Waals surface area contributed by atoms with Crippen molar-refractivity contribution in [2.24, 2.45) is 21.7 Å². The zero-order chi connectivity index (χ0) is 39.1. The van der Waals surface area contributed by atoms with Crippen molar-refractivity contribution in [3.8, 4) is 22.8 Å². The third kappa shape index (κ3) is 8.79. The van der Waals surface area contributed by atoms with Crippen LogP contribution in [0.5, 0.6) is 11.5 Å². The summed E-state index contributed by atoms with van der Waals surface area (Å²) in [5.41, 5.74) is 5.68. The fourth-order valence-corrected chi connectivity index (χ4v) is 7.40. The summed E-state index contributed by atoms with van der Waals surface area (Å²) in [6, 6.07) is 21.3. The number of aryl methyl sites for hydroxylation is 1. The van der Waals surface area contributed by atoms with Gasteiger partial charge in [0.15, 0.2) is 5.78 Å². The van der Waals surface area contributed by atoms with E-state index in [0.717, 1.165) is 72.1 Å². The van der Waals surface area contributed by atoms with Gasteiger partial charge < -0.3 is 9.84 Å². The number of fused-ring (bicyclic) bond motifs is 5. The number of hydrogen-bond acceptors (Lipinski definition) is 4. The van der Waals surface area contributed by atoms with E-state index in [9.17, 15) is 9.90 Å². The Labute approximate surface area is 338 Å². The van der Waals surface area contributed by atoms with Gasteiger partial charge in [0.2, 0.25) is 0 Å². The van der Waals surface area contributed by atoms with Crippen molar-refractivity contribution in [1.29, 1.82) is 0 Å². The van der Waals surface area contributed by atoms with Crippen molar-refractivity contribution in [3.63, 3.8) is 0 Å². The molecule has 0 amide bonds. The van der Waals surface area contributed by atoms with Gasteiger partial charge in [0.1, 0.15) is 11.5 Å². The van der Waals surface area contributed by atoms with Gasteiger partial charge in [0, 0.05) is 54.3 Å². The van der Waals surface area contributed by atoms with Gasteiger partial charge in [-0.15, -0.1) is 17.5 Å². The maximum Gasteiger partial charge on any atom is 0.164 e. The third-order valence-corrected chi connectivity index (χ3v) is 11.8. The van der Waals surface area contributed by atoms with Crippen LogP contribution in [0.4, 0.5) is 0 Å². The van der Waals surface area contributed by atoms with Gasteiger partial charge in [0.05, 0.1) is 5.75 Å². The predicted molar refractivity (Wildman–Crippen MR) is 225 cm³/mol. The number of aromatic nitrogens is 1. The zero-order valence-electron chi connectivity index (χ0n) is 35.1. The van der Waals surface area contributed by atoms with E-state index in [4.69, 9.17) is 9.72 Å². The molecule has 0 aliphatic carbocycles. The van der Waals surface area contributed by atoms with Gasteiger partial charge in [-0.25, -0.2) is 0 Å². The van der Waals surface area contributed by atoms with Crippen LogP contribution < -0.4 is 4.74 Å². The quantitative estimate of drug-likeness (QED) is 0.0680. The van der Waals surface area contributed by atoms with Crippen molar-refractivity contribution in [3.05, 3.63) is 89.3 Å². The van der Waals surface area contributed by atoms with E-state index in [1.807, 2.05) is 47.7 Å². The first-order valence-electron chi connectivity index (χ1n) is 19.7. The second kappa shape index (κ2) is 16.3. The van der Waals surface area contributed by atoms with E-state index in [1.165, 1.54) is 44.3 Å². The molecule has 0 atom stereocenters. The minimum atomic E-state index is -0.337. The van der Waals surface area contributed by atoms with Crippen molar-refractivity contribution >= 4 is 38.1 Å². The molecule has 5 heteroatoms. The molecule has 1 N–H and O–H groups in total. The number of carbonyl (C=O) groups excluding carboxylic acids is 1. The molecule has 0 saturated heterocycles. The summed E-state index contributed by atoms with van der Waals surface area (Å²) in [5, 5.41) is 17.2. The van der Waals surface area contributed by atoms with Crippen LogP contribution in [0.3, 0.4) is 0 Å². The summed E-state index contributed by atoms with van der Waals surface area (Å²) in [7, 11) is 0. The first kappa shape index (κ1) is 43.2. The van der Waals surface area contributed by atoms with Gasteiger partial charge in [-0.3, -0.25) is 9.78 Å². The number of carbonyl (C=O) groups is 1. The van der Waals surface area contributed by atoms with E-state index in [1.54, 1.807) is 0 Å². The Morgan fingerprint density at radius 3 is 2.00 bits per heavy atom. The average Bonchev–Trinajstić information content (AvgIpc) is 3.11. The molecular formula is C49H62IrNO3-. The Morgan fingerprint density at radius 1 is 0.796 bits per heavy atom. The molecule has 54 heavy (non-hydrogen) atoms. The van der Waals surface area contributed by atoms with Gasteiger partial charge in [-0.05, 0) is 95.7 Å². The van der Waals surface area contributed by atoms with E-state index >= 15 is 0 Å². The fraction of sp³-hybridized carbons (Fsp3) is 0.469. The smallest absolute Gasteiger partial charge is 0.164 e. The summed E-state index contributed by atoms with van der Waals surface area (Å²) in [4.78, 5) is 17.1. The molecule has 0 bridgehead atoms. The maximum atomic E-state index is 12.2. The monoisotopic (exact) mass is 905 g/mol. The number of hydrogen-bond donors (Lipinski definition) is 1. The van der Waals surface area contributed by atoms with Gasteiger partial charge in [0.25, 0.3) is 0 Å². The molecule has 5 aromatic rings. The van der Waals surface area contributed by atoms with Crippen LogP contribution in [0, 0.1) is 34.7 Å². The second-order valence-corrected chi connectivity index (χ2v) is 18.3. The Kier molecular flexibility index (Phi) is 13.0. The molecule has 6 rings (SSSR count). The number of aliphatic hydroxyl groups is 1. The van der Waals surface area contributed by atoms with Crippen LogP contribution in [0.15, 0.2) is 66.6 Å². The van der Waals surface area contributed by atoms with E-state index < -0.39 is 0 Å². The molecule has 0 fully saturated rings. The molecule has 4 nitrogen and oxygen atoms in total. The number of benzene rings is 4. The number of ether oxygens (including phenoxy) is 1. The number of aliphatic hydroxyl groups excluding tert-OH is 1. The van der Waals surface area contributed by atoms with Crippen LogP contribution in [0.2, 0.25) is 0 Å². The largest absolute Gasteiger partial charge is 0.512 e. The SMILES string of the molecule is CCC(C)(CC)C(=O)/C=C(\O)C(C)(CC)CC.Cc1cc2c(cc1CC(C)(C)C)cc1c3c(nccc32)-c2[c-]c3ccccc3c(CC(C)(C)C)c2O1.[Ir]. The Bertz CT molecular complexity index is 2190. The van der Waals surface area contributed by atoms with Gasteiger partial charge in [-0.1, -0.05) is 130 Å². The Hall–Kier alpha value is -3.53. The molecule has 0 unspecified atom stereocenters. The molecule has 1 aliphatic rings. The maximum absolute atomic E-state index is 12.2. The number of pyridine rings is 1. The van der Waals surface area contributed by atoms with Crippen LogP contribution in [0.25, 0.3) is 43.6 Å². The zero-order valence-corrected chi connectivity index (χ0v) is 37.5. The van der Waals surface area contributed by atoms with Crippen LogP contribution in [-0.4, -0.2) is 15.9 Å². The third-order valence-electron chi connectivity index (χ3n) is 11.8. The van der Waals surface area contributed by atoms with Crippen molar-refractivity contribution in [2.75, 3.05) is 0 Å². The number of rotatable bonds is 9.